The van der Waals surface area contributed by atoms with E-state index >= 15 is 0 Å². The lowest BCUT2D eigenvalue weighted by molar-refractivity contribution is 0.0955. The lowest BCUT2D eigenvalue weighted by Gasteiger charge is -2.21. The van der Waals surface area contributed by atoms with Gasteiger partial charge in [-0.25, -0.2) is 8.42 Å². The van der Waals surface area contributed by atoms with Gasteiger partial charge in [-0.1, -0.05) is 36.9 Å². The molecule has 2 aromatic carbocycles. The van der Waals surface area contributed by atoms with Crippen LogP contribution in [0, 0.1) is 11.3 Å². The third-order valence-corrected chi connectivity index (χ3v) is 6.44. The van der Waals surface area contributed by atoms with Crippen LogP contribution in [-0.4, -0.2) is 25.6 Å². The van der Waals surface area contributed by atoms with Crippen molar-refractivity contribution < 1.29 is 13.2 Å². The zero-order valence-electron chi connectivity index (χ0n) is 16.8. The molecule has 0 radical (unpaired) electrons. The largest absolute Gasteiger partial charge is 0.352 e. The fourth-order valence-electron chi connectivity index (χ4n) is 2.43. The van der Waals surface area contributed by atoms with E-state index in [0.29, 0.717) is 13.0 Å². The molecule has 2 N–H and O–H groups in total. The molecule has 6 nitrogen and oxygen atoms in total. The number of nitrogens with zero attached hydrogens (tertiary/aromatic N) is 1. The Labute approximate surface area is 172 Å². The quantitative estimate of drug-likeness (QED) is 0.721. The lowest BCUT2D eigenvalue weighted by atomic mass is 10.0. The van der Waals surface area contributed by atoms with Crippen molar-refractivity contribution in [3.05, 3.63) is 71.8 Å². The molecule has 0 aromatic heterocycles. The van der Waals surface area contributed by atoms with Crippen LogP contribution in [-0.2, 0) is 10.0 Å². The lowest BCUT2D eigenvalue weighted by Crippen LogP contribution is -2.35. The summed E-state index contributed by atoms with van der Waals surface area (Å²) in [5.74, 6) is -0.463. The van der Waals surface area contributed by atoms with Crippen molar-refractivity contribution in [1.29, 1.82) is 5.26 Å². The van der Waals surface area contributed by atoms with Crippen LogP contribution in [0.15, 0.2) is 55.1 Å². The van der Waals surface area contributed by atoms with Crippen LogP contribution in [0.1, 0.15) is 48.7 Å². The first-order chi connectivity index (χ1) is 13.5. The molecule has 7 heteroatoms. The highest BCUT2D eigenvalue weighted by molar-refractivity contribution is 7.94. The average Bonchev–Trinajstić information content (AvgIpc) is 2.67. The summed E-state index contributed by atoms with van der Waals surface area (Å²) in [5.41, 5.74) is 2.38. The van der Waals surface area contributed by atoms with E-state index in [2.05, 4.69) is 16.6 Å². The molecule has 0 heterocycles. The number of carbonyl (C=O) groups excluding carboxylic acids is 1. The maximum absolute atomic E-state index is 12.7. The van der Waals surface area contributed by atoms with Gasteiger partial charge < -0.3 is 5.32 Å². The number of nitrogens with one attached hydrogen (secondary N) is 2. The van der Waals surface area contributed by atoms with Gasteiger partial charge in [0.25, 0.3) is 5.91 Å². The predicted octanol–water partition coefficient (Wildman–Crippen LogP) is 3.93. The van der Waals surface area contributed by atoms with Crippen molar-refractivity contribution in [2.24, 2.45) is 0 Å². The zero-order chi connectivity index (χ0) is 21.7. The minimum absolute atomic E-state index is 0.0993. The second-order valence-electron chi connectivity index (χ2n) is 7.57. The Bertz CT molecular complexity index is 1050. The Morgan fingerprint density at radius 2 is 1.79 bits per heavy atom. The molecule has 0 saturated carbocycles. The molecular weight excluding hydrogens is 386 g/mol. The van der Waals surface area contributed by atoms with Crippen molar-refractivity contribution in [2.75, 3.05) is 11.3 Å². The van der Waals surface area contributed by atoms with Crippen LogP contribution >= 0.6 is 0 Å². The molecule has 2 aromatic rings. The number of rotatable bonds is 7. The topological polar surface area (TPSA) is 99.1 Å². The highest BCUT2D eigenvalue weighted by Gasteiger charge is 2.30. The molecule has 0 atom stereocenters. The number of sulfonamides is 1. The molecular formula is C22H25N3O3S. The summed E-state index contributed by atoms with van der Waals surface area (Å²) in [7, 11) is -3.72. The first-order valence-electron chi connectivity index (χ1n) is 9.13. The molecule has 2 rings (SSSR count). The number of benzene rings is 2. The van der Waals surface area contributed by atoms with Gasteiger partial charge in [0.05, 0.1) is 27.6 Å². The minimum Gasteiger partial charge on any atom is -0.352 e. The van der Waals surface area contributed by atoms with Crippen molar-refractivity contribution in [3.8, 4) is 6.07 Å². The number of hydrogen-bond acceptors (Lipinski definition) is 4. The Morgan fingerprint density at radius 3 is 2.38 bits per heavy atom. The van der Waals surface area contributed by atoms with Crippen LogP contribution < -0.4 is 10.0 Å². The molecule has 0 saturated heterocycles. The van der Waals surface area contributed by atoms with E-state index in [4.69, 9.17) is 5.26 Å². The van der Waals surface area contributed by atoms with Gasteiger partial charge in [0.15, 0.2) is 0 Å². The highest BCUT2D eigenvalue weighted by Crippen LogP contribution is 2.24. The van der Waals surface area contributed by atoms with Crippen molar-refractivity contribution >= 4 is 27.2 Å². The summed E-state index contributed by atoms with van der Waals surface area (Å²) in [5, 5.41) is 11.9. The number of amides is 1. The van der Waals surface area contributed by atoms with Crippen LogP contribution in [0.25, 0.3) is 5.57 Å². The molecule has 0 bridgehead atoms. The van der Waals surface area contributed by atoms with Gasteiger partial charge in [0.1, 0.15) is 0 Å². The predicted molar refractivity (Wildman–Crippen MR) is 116 cm³/mol. The summed E-state index contributed by atoms with van der Waals surface area (Å²) >= 11 is 0. The van der Waals surface area contributed by atoms with Gasteiger partial charge in [0.2, 0.25) is 10.0 Å². The Morgan fingerprint density at radius 1 is 1.14 bits per heavy atom. The third-order valence-electron chi connectivity index (χ3n) is 4.34. The fourth-order valence-corrected chi connectivity index (χ4v) is 3.20. The van der Waals surface area contributed by atoms with E-state index in [1.165, 1.54) is 18.2 Å². The third kappa shape index (κ3) is 5.69. The molecule has 0 fully saturated rings. The number of anilines is 1. The van der Waals surface area contributed by atoms with Crippen LogP contribution in [0.2, 0.25) is 0 Å². The number of nitriles is 1. The van der Waals surface area contributed by atoms with E-state index in [0.717, 1.165) is 11.1 Å². The molecule has 0 unspecified atom stereocenters. The maximum Gasteiger partial charge on any atom is 0.253 e. The van der Waals surface area contributed by atoms with E-state index in [1.807, 2.05) is 36.4 Å². The second-order valence-corrected chi connectivity index (χ2v) is 10.0. The van der Waals surface area contributed by atoms with Gasteiger partial charge in [-0.05, 0) is 56.5 Å². The molecule has 152 valence electrons. The van der Waals surface area contributed by atoms with Crippen LogP contribution in [0.5, 0.6) is 0 Å². The van der Waals surface area contributed by atoms with E-state index < -0.39 is 20.7 Å². The minimum atomic E-state index is -3.72. The monoisotopic (exact) mass is 411 g/mol. The van der Waals surface area contributed by atoms with Crippen LogP contribution in [0.4, 0.5) is 5.69 Å². The molecule has 29 heavy (non-hydrogen) atoms. The van der Waals surface area contributed by atoms with E-state index in [9.17, 15) is 13.2 Å². The standard InChI is InChI=1S/C22H25N3O3S/c1-16(18-8-6-5-7-9-18)12-13-24-21(26)19-14-17(15-23)10-11-20(19)25-29(27,28)22(2,3)4/h5-11,14,25H,1,12-13H2,2-4H3,(H,24,26). The molecule has 0 spiro atoms. The van der Waals surface area contributed by atoms with Crippen molar-refractivity contribution in [1.82, 2.24) is 5.32 Å². The molecule has 1 amide bonds. The summed E-state index contributed by atoms with van der Waals surface area (Å²) in [6.07, 6.45) is 0.538. The molecule has 0 aliphatic carbocycles. The van der Waals surface area contributed by atoms with Gasteiger partial charge in [-0.15, -0.1) is 0 Å². The average molecular weight is 412 g/mol. The molecule has 0 aliphatic rings. The number of carbonyl (C=O) groups is 1. The summed E-state index contributed by atoms with van der Waals surface area (Å²) in [6.45, 7) is 9.05. The summed E-state index contributed by atoms with van der Waals surface area (Å²) in [6, 6.07) is 15.9. The smallest absolute Gasteiger partial charge is 0.253 e. The van der Waals surface area contributed by atoms with E-state index in [1.54, 1.807) is 20.8 Å². The highest BCUT2D eigenvalue weighted by atomic mass is 32.2. The first kappa shape index (κ1) is 22.2. The first-order valence-corrected chi connectivity index (χ1v) is 10.6. The molecule has 0 aliphatic heterocycles. The Hall–Kier alpha value is -3.11. The Kier molecular flexibility index (Phi) is 6.83. The SMILES string of the molecule is C=C(CCNC(=O)c1cc(C#N)ccc1NS(=O)(=O)C(C)(C)C)c1ccccc1. The van der Waals surface area contributed by atoms with Gasteiger partial charge in [0, 0.05) is 6.54 Å². The van der Waals surface area contributed by atoms with Crippen molar-refractivity contribution in [3.63, 3.8) is 0 Å². The maximum atomic E-state index is 12.7. The van der Waals surface area contributed by atoms with Gasteiger partial charge in [-0.3, -0.25) is 9.52 Å². The zero-order valence-corrected chi connectivity index (χ0v) is 17.6. The fraction of sp³-hybridized carbons (Fsp3) is 0.273. The van der Waals surface area contributed by atoms with Gasteiger partial charge in [-0.2, -0.15) is 5.26 Å². The van der Waals surface area contributed by atoms with Crippen molar-refractivity contribution in [2.45, 2.75) is 31.9 Å². The summed E-state index contributed by atoms with van der Waals surface area (Å²) in [4.78, 5) is 12.7. The van der Waals surface area contributed by atoms with Crippen LogP contribution in [0.3, 0.4) is 0 Å². The summed E-state index contributed by atoms with van der Waals surface area (Å²) < 4.78 is 26.4. The van der Waals surface area contributed by atoms with E-state index in [-0.39, 0.29) is 16.8 Å². The Balaban J connectivity index is 2.16. The second kappa shape index (κ2) is 8.93. The normalized spacial score (nSPS) is 11.4. The number of hydrogen-bond donors (Lipinski definition) is 2. The van der Waals surface area contributed by atoms with Gasteiger partial charge >= 0.3 is 0 Å².